The SMILES string of the molecule is CC(C)c1ccc(Nc2nc(-c3ccccc3)ncc2C(=O)NCC2CCCO2)cc1. The third kappa shape index (κ3) is 5.27. The summed E-state index contributed by atoms with van der Waals surface area (Å²) in [6.07, 6.45) is 3.67. The average molecular weight is 417 g/mol. The molecule has 160 valence electrons. The van der Waals surface area contributed by atoms with Gasteiger partial charge in [0.15, 0.2) is 5.82 Å². The van der Waals surface area contributed by atoms with Crippen molar-refractivity contribution in [2.75, 3.05) is 18.5 Å². The second kappa shape index (κ2) is 9.71. The molecule has 0 bridgehead atoms. The number of hydrogen-bond donors (Lipinski definition) is 2. The molecule has 0 spiro atoms. The quantitative estimate of drug-likeness (QED) is 0.572. The zero-order valence-electron chi connectivity index (χ0n) is 18.0. The minimum Gasteiger partial charge on any atom is -0.376 e. The van der Waals surface area contributed by atoms with Crippen LogP contribution in [0.25, 0.3) is 11.4 Å². The third-order valence-corrected chi connectivity index (χ3v) is 5.42. The first-order valence-electron chi connectivity index (χ1n) is 10.8. The van der Waals surface area contributed by atoms with Crippen molar-refractivity contribution in [1.82, 2.24) is 15.3 Å². The number of anilines is 2. The monoisotopic (exact) mass is 416 g/mol. The number of rotatable bonds is 7. The lowest BCUT2D eigenvalue weighted by Gasteiger charge is -2.15. The second-order valence-electron chi connectivity index (χ2n) is 8.07. The van der Waals surface area contributed by atoms with E-state index >= 15 is 0 Å². The minimum atomic E-state index is -0.212. The first kappa shape index (κ1) is 21.0. The van der Waals surface area contributed by atoms with Crippen LogP contribution in [0, 0.1) is 0 Å². The summed E-state index contributed by atoms with van der Waals surface area (Å²) >= 11 is 0. The molecule has 6 heteroatoms. The molecule has 3 aromatic rings. The van der Waals surface area contributed by atoms with Gasteiger partial charge < -0.3 is 15.4 Å². The van der Waals surface area contributed by atoms with Crippen LogP contribution in [0.2, 0.25) is 0 Å². The molecule has 0 aliphatic carbocycles. The van der Waals surface area contributed by atoms with E-state index < -0.39 is 0 Å². The Hall–Kier alpha value is -3.25. The maximum absolute atomic E-state index is 12.9. The molecule has 31 heavy (non-hydrogen) atoms. The Balaban J connectivity index is 1.60. The maximum atomic E-state index is 12.9. The Labute approximate surface area is 183 Å². The Morgan fingerprint density at radius 2 is 1.90 bits per heavy atom. The van der Waals surface area contributed by atoms with Gasteiger partial charge in [0.2, 0.25) is 0 Å². The van der Waals surface area contributed by atoms with Crippen molar-refractivity contribution in [3.63, 3.8) is 0 Å². The Morgan fingerprint density at radius 3 is 2.58 bits per heavy atom. The number of nitrogens with one attached hydrogen (secondary N) is 2. The van der Waals surface area contributed by atoms with Crippen LogP contribution in [0.3, 0.4) is 0 Å². The summed E-state index contributed by atoms with van der Waals surface area (Å²) in [7, 11) is 0. The summed E-state index contributed by atoms with van der Waals surface area (Å²) in [4.78, 5) is 22.0. The van der Waals surface area contributed by atoms with Gasteiger partial charge in [-0.3, -0.25) is 4.79 Å². The normalized spacial score (nSPS) is 15.8. The summed E-state index contributed by atoms with van der Waals surface area (Å²) in [6, 6.07) is 17.9. The highest BCUT2D eigenvalue weighted by molar-refractivity contribution is 5.99. The number of hydrogen-bond acceptors (Lipinski definition) is 5. The van der Waals surface area contributed by atoms with Crippen molar-refractivity contribution in [2.45, 2.75) is 38.7 Å². The molecule has 0 radical (unpaired) electrons. The van der Waals surface area contributed by atoms with Crippen molar-refractivity contribution in [1.29, 1.82) is 0 Å². The number of nitrogens with zero attached hydrogens (tertiary/aromatic N) is 2. The van der Waals surface area contributed by atoms with Gasteiger partial charge in [-0.1, -0.05) is 56.3 Å². The van der Waals surface area contributed by atoms with Crippen LogP contribution in [0.15, 0.2) is 60.8 Å². The first-order valence-corrected chi connectivity index (χ1v) is 10.8. The van der Waals surface area contributed by atoms with Crippen LogP contribution in [-0.2, 0) is 4.74 Å². The molecule has 2 aromatic carbocycles. The summed E-state index contributed by atoms with van der Waals surface area (Å²) in [5, 5.41) is 6.28. The fourth-order valence-corrected chi connectivity index (χ4v) is 3.56. The number of benzene rings is 2. The van der Waals surface area contributed by atoms with E-state index in [1.807, 2.05) is 42.5 Å². The Kier molecular flexibility index (Phi) is 6.57. The van der Waals surface area contributed by atoms with Gasteiger partial charge in [-0.15, -0.1) is 0 Å². The van der Waals surface area contributed by atoms with Crippen LogP contribution in [0.5, 0.6) is 0 Å². The summed E-state index contributed by atoms with van der Waals surface area (Å²) in [6.45, 7) is 5.57. The molecule has 6 nitrogen and oxygen atoms in total. The van der Waals surface area contributed by atoms with Gasteiger partial charge in [-0.25, -0.2) is 9.97 Å². The minimum absolute atomic E-state index is 0.0773. The fourth-order valence-electron chi connectivity index (χ4n) is 3.56. The predicted octanol–water partition coefficient (Wildman–Crippen LogP) is 4.92. The van der Waals surface area contributed by atoms with Crippen LogP contribution in [0.4, 0.5) is 11.5 Å². The van der Waals surface area contributed by atoms with E-state index in [4.69, 9.17) is 4.74 Å². The Morgan fingerprint density at radius 1 is 1.13 bits per heavy atom. The van der Waals surface area contributed by atoms with Crippen LogP contribution >= 0.6 is 0 Å². The van der Waals surface area contributed by atoms with Gasteiger partial charge in [0.25, 0.3) is 5.91 Å². The molecule has 1 fully saturated rings. The highest BCUT2D eigenvalue weighted by Crippen LogP contribution is 2.24. The zero-order chi connectivity index (χ0) is 21.6. The standard InChI is InChI=1S/C25H28N4O2/c1-17(2)18-10-12-20(13-11-18)28-24-22(25(30)27-15-21-9-6-14-31-21)16-26-23(29-24)19-7-4-3-5-8-19/h3-5,7-8,10-13,16-17,21H,6,9,14-15H2,1-2H3,(H,27,30)(H,26,28,29). The predicted molar refractivity (Wildman–Crippen MR) is 123 cm³/mol. The molecule has 4 rings (SSSR count). The van der Waals surface area contributed by atoms with Crippen LogP contribution in [-0.4, -0.2) is 35.1 Å². The van der Waals surface area contributed by atoms with Crippen molar-refractivity contribution < 1.29 is 9.53 Å². The van der Waals surface area contributed by atoms with Gasteiger partial charge >= 0.3 is 0 Å². The van der Waals surface area contributed by atoms with E-state index in [0.29, 0.717) is 29.7 Å². The van der Waals surface area contributed by atoms with Crippen molar-refractivity contribution in [2.24, 2.45) is 0 Å². The van der Waals surface area contributed by atoms with Crippen molar-refractivity contribution >= 4 is 17.4 Å². The number of carbonyl (C=O) groups excluding carboxylic acids is 1. The van der Waals surface area contributed by atoms with Gasteiger partial charge in [0.1, 0.15) is 11.4 Å². The van der Waals surface area contributed by atoms with Gasteiger partial charge in [0.05, 0.1) is 6.10 Å². The van der Waals surface area contributed by atoms with Gasteiger partial charge in [-0.05, 0) is 36.5 Å². The summed E-state index contributed by atoms with van der Waals surface area (Å²) in [5.41, 5.74) is 3.43. The molecule has 2 N–H and O–H groups in total. The van der Waals surface area contributed by atoms with E-state index in [9.17, 15) is 4.79 Å². The lowest BCUT2D eigenvalue weighted by atomic mass is 10.0. The van der Waals surface area contributed by atoms with E-state index in [1.165, 1.54) is 5.56 Å². The first-order chi connectivity index (χ1) is 15.1. The van der Waals surface area contributed by atoms with E-state index in [2.05, 4.69) is 46.6 Å². The molecule has 1 aliphatic heterocycles. The Bertz CT molecular complexity index is 1010. The summed E-state index contributed by atoms with van der Waals surface area (Å²) < 4.78 is 5.61. The highest BCUT2D eigenvalue weighted by atomic mass is 16.5. The van der Waals surface area contributed by atoms with E-state index in [0.717, 1.165) is 30.7 Å². The second-order valence-corrected chi connectivity index (χ2v) is 8.07. The molecule has 1 saturated heterocycles. The number of carbonyl (C=O) groups is 1. The smallest absolute Gasteiger partial charge is 0.256 e. The molecule has 1 unspecified atom stereocenters. The lowest BCUT2D eigenvalue weighted by Crippen LogP contribution is -2.32. The van der Waals surface area contributed by atoms with E-state index in [-0.39, 0.29) is 12.0 Å². The lowest BCUT2D eigenvalue weighted by molar-refractivity contribution is 0.0858. The molecular formula is C25H28N4O2. The molecule has 1 amide bonds. The molecular weight excluding hydrogens is 388 g/mol. The number of amides is 1. The largest absolute Gasteiger partial charge is 0.376 e. The molecule has 2 heterocycles. The molecule has 0 saturated carbocycles. The number of aromatic nitrogens is 2. The highest BCUT2D eigenvalue weighted by Gasteiger charge is 2.20. The third-order valence-electron chi connectivity index (χ3n) is 5.42. The number of ether oxygens (including phenoxy) is 1. The van der Waals surface area contributed by atoms with Gasteiger partial charge in [-0.2, -0.15) is 0 Å². The average Bonchev–Trinajstić information content (AvgIpc) is 3.32. The van der Waals surface area contributed by atoms with Crippen molar-refractivity contribution in [3.8, 4) is 11.4 Å². The molecule has 1 aromatic heterocycles. The van der Waals surface area contributed by atoms with Gasteiger partial charge in [0, 0.05) is 30.6 Å². The topological polar surface area (TPSA) is 76.1 Å². The zero-order valence-corrected chi connectivity index (χ0v) is 18.0. The van der Waals surface area contributed by atoms with E-state index in [1.54, 1.807) is 6.20 Å². The fraction of sp³-hybridized carbons (Fsp3) is 0.320. The molecule has 1 aliphatic rings. The van der Waals surface area contributed by atoms with Crippen molar-refractivity contribution in [3.05, 3.63) is 71.9 Å². The van der Waals surface area contributed by atoms with Crippen LogP contribution in [0.1, 0.15) is 48.5 Å². The van der Waals surface area contributed by atoms with Crippen LogP contribution < -0.4 is 10.6 Å². The maximum Gasteiger partial charge on any atom is 0.256 e. The molecule has 1 atom stereocenters. The summed E-state index contributed by atoms with van der Waals surface area (Å²) in [5.74, 6) is 1.29.